The van der Waals surface area contributed by atoms with E-state index in [4.69, 9.17) is 0 Å². The highest BCUT2D eigenvalue weighted by atomic mass is 16.2. The van der Waals surface area contributed by atoms with Crippen LogP contribution in [0.1, 0.15) is 19.3 Å². The summed E-state index contributed by atoms with van der Waals surface area (Å²) in [6.07, 6.45) is 11.1. The summed E-state index contributed by atoms with van der Waals surface area (Å²) in [4.78, 5) is 13.4. The van der Waals surface area contributed by atoms with E-state index in [1.54, 1.807) is 0 Å². The molecular formula is C10H13NO. The number of amides is 1. The lowest BCUT2D eigenvalue weighted by molar-refractivity contribution is -0.132. The molecule has 0 bridgehead atoms. The van der Waals surface area contributed by atoms with Gasteiger partial charge in [-0.25, -0.2) is 0 Å². The van der Waals surface area contributed by atoms with Gasteiger partial charge in [-0.05, 0) is 12.8 Å². The van der Waals surface area contributed by atoms with E-state index in [1.165, 1.54) is 0 Å². The summed E-state index contributed by atoms with van der Waals surface area (Å²) in [5, 5.41) is 0. The number of fused-ring (bicyclic) bond motifs is 1. The monoisotopic (exact) mass is 163 g/mol. The fourth-order valence-electron chi connectivity index (χ4n) is 1.80. The Hall–Kier alpha value is -1.05. The van der Waals surface area contributed by atoms with Crippen LogP contribution >= 0.6 is 0 Å². The molecular weight excluding hydrogens is 150 g/mol. The fourth-order valence-corrected chi connectivity index (χ4v) is 1.80. The Kier molecular flexibility index (Phi) is 1.98. The Morgan fingerprint density at radius 2 is 2.25 bits per heavy atom. The van der Waals surface area contributed by atoms with Gasteiger partial charge in [-0.3, -0.25) is 4.79 Å². The molecule has 2 nitrogen and oxygen atoms in total. The van der Waals surface area contributed by atoms with Gasteiger partial charge in [0.1, 0.15) is 0 Å². The molecule has 1 amide bonds. The first-order valence-electron chi connectivity index (χ1n) is 4.49. The average molecular weight is 163 g/mol. The van der Waals surface area contributed by atoms with E-state index < -0.39 is 0 Å². The van der Waals surface area contributed by atoms with Crippen molar-refractivity contribution >= 4 is 5.91 Å². The summed E-state index contributed by atoms with van der Waals surface area (Å²) >= 11 is 0. The molecule has 0 aliphatic carbocycles. The maximum Gasteiger partial charge on any atom is 0.226 e. The maximum atomic E-state index is 11.4. The summed E-state index contributed by atoms with van der Waals surface area (Å²) in [7, 11) is 0. The van der Waals surface area contributed by atoms with E-state index in [0.717, 1.165) is 19.4 Å². The standard InChI is InChI=1S/C10H13NO/c12-10-7-4-6-9-5-2-1-3-8-11(9)10/h1-2,4,6,9H,3,5,7-8H2/t9-/m0/s1. The van der Waals surface area contributed by atoms with Crippen molar-refractivity contribution in [2.75, 3.05) is 6.54 Å². The first kappa shape index (κ1) is 7.59. The van der Waals surface area contributed by atoms with Gasteiger partial charge in [-0.2, -0.15) is 0 Å². The molecule has 2 heteroatoms. The van der Waals surface area contributed by atoms with Crippen LogP contribution in [0.2, 0.25) is 0 Å². The molecule has 0 radical (unpaired) electrons. The predicted molar refractivity (Wildman–Crippen MR) is 47.6 cm³/mol. The molecule has 0 saturated heterocycles. The molecule has 0 unspecified atom stereocenters. The molecule has 0 aromatic rings. The molecule has 0 spiro atoms. The smallest absolute Gasteiger partial charge is 0.226 e. The van der Waals surface area contributed by atoms with Crippen LogP contribution in [0.25, 0.3) is 0 Å². The molecule has 1 atom stereocenters. The average Bonchev–Trinajstić information content (AvgIpc) is 2.30. The van der Waals surface area contributed by atoms with E-state index in [2.05, 4.69) is 18.2 Å². The van der Waals surface area contributed by atoms with E-state index in [9.17, 15) is 4.79 Å². The third-order valence-electron chi connectivity index (χ3n) is 2.45. The van der Waals surface area contributed by atoms with Gasteiger partial charge >= 0.3 is 0 Å². The maximum absolute atomic E-state index is 11.4. The summed E-state index contributed by atoms with van der Waals surface area (Å²) < 4.78 is 0. The van der Waals surface area contributed by atoms with Crippen molar-refractivity contribution in [2.45, 2.75) is 25.3 Å². The number of hydrogen-bond acceptors (Lipinski definition) is 1. The molecule has 2 aliphatic rings. The van der Waals surface area contributed by atoms with E-state index in [0.29, 0.717) is 12.5 Å². The second-order valence-electron chi connectivity index (χ2n) is 3.28. The molecule has 2 rings (SSSR count). The SMILES string of the molecule is O=C1CC=C[C@@H]2CC=CCCN12. The lowest BCUT2D eigenvalue weighted by Crippen LogP contribution is -2.40. The van der Waals surface area contributed by atoms with Crippen molar-refractivity contribution in [3.8, 4) is 0 Å². The van der Waals surface area contributed by atoms with Crippen LogP contribution in [-0.2, 0) is 4.79 Å². The number of hydrogen-bond donors (Lipinski definition) is 0. The lowest BCUT2D eigenvalue weighted by Gasteiger charge is -2.30. The zero-order valence-electron chi connectivity index (χ0n) is 7.07. The second kappa shape index (κ2) is 3.13. The minimum atomic E-state index is 0.284. The van der Waals surface area contributed by atoms with E-state index >= 15 is 0 Å². The highest BCUT2D eigenvalue weighted by molar-refractivity contribution is 5.79. The molecule has 12 heavy (non-hydrogen) atoms. The summed E-state index contributed by atoms with van der Waals surface area (Å²) in [6, 6.07) is 0.338. The molecule has 64 valence electrons. The van der Waals surface area contributed by atoms with Crippen molar-refractivity contribution < 1.29 is 4.79 Å². The first-order chi connectivity index (χ1) is 5.88. The predicted octanol–water partition coefficient (Wildman–Crippen LogP) is 1.49. The van der Waals surface area contributed by atoms with Crippen molar-refractivity contribution in [3.05, 3.63) is 24.3 Å². The normalized spacial score (nSPS) is 28.5. The van der Waals surface area contributed by atoms with Gasteiger partial charge in [0.05, 0.1) is 6.04 Å². The molecule has 0 fully saturated rings. The Bertz CT molecular complexity index is 242. The summed E-state index contributed by atoms with van der Waals surface area (Å²) in [5.41, 5.74) is 0. The minimum absolute atomic E-state index is 0.284. The van der Waals surface area contributed by atoms with E-state index in [-0.39, 0.29) is 5.91 Å². The lowest BCUT2D eigenvalue weighted by atomic mass is 10.1. The van der Waals surface area contributed by atoms with Crippen molar-refractivity contribution in [1.29, 1.82) is 0 Å². The van der Waals surface area contributed by atoms with Gasteiger partial charge in [-0.1, -0.05) is 24.3 Å². The van der Waals surface area contributed by atoms with E-state index in [1.807, 2.05) is 11.0 Å². The molecule has 2 heterocycles. The molecule has 0 aromatic heterocycles. The number of carbonyl (C=O) groups is 1. The zero-order valence-corrected chi connectivity index (χ0v) is 7.07. The third-order valence-corrected chi connectivity index (χ3v) is 2.45. The van der Waals surface area contributed by atoms with Crippen molar-refractivity contribution in [2.24, 2.45) is 0 Å². The van der Waals surface area contributed by atoms with Crippen LogP contribution in [0.3, 0.4) is 0 Å². The number of rotatable bonds is 0. The number of carbonyl (C=O) groups excluding carboxylic acids is 1. The Balaban J connectivity index is 2.18. The quantitative estimate of drug-likeness (QED) is 0.495. The van der Waals surface area contributed by atoms with Crippen LogP contribution in [0.5, 0.6) is 0 Å². The van der Waals surface area contributed by atoms with Gasteiger partial charge in [0.25, 0.3) is 0 Å². The van der Waals surface area contributed by atoms with Gasteiger partial charge in [-0.15, -0.1) is 0 Å². The Labute approximate surface area is 72.6 Å². The zero-order chi connectivity index (χ0) is 8.39. The summed E-state index contributed by atoms with van der Waals surface area (Å²) in [5.74, 6) is 0.284. The Morgan fingerprint density at radius 1 is 1.33 bits per heavy atom. The first-order valence-corrected chi connectivity index (χ1v) is 4.49. The van der Waals surface area contributed by atoms with Gasteiger partial charge in [0.2, 0.25) is 5.91 Å². The van der Waals surface area contributed by atoms with Crippen LogP contribution in [-0.4, -0.2) is 23.4 Å². The second-order valence-corrected chi connectivity index (χ2v) is 3.28. The highest BCUT2D eigenvalue weighted by Crippen LogP contribution is 2.17. The van der Waals surface area contributed by atoms with Crippen LogP contribution in [0, 0.1) is 0 Å². The minimum Gasteiger partial charge on any atom is -0.335 e. The molecule has 0 N–H and O–H groups in total. The van der Waals surface area contributed by atoms with Crippen molar-refractivity contribution in [3.63, 3.8) is 0 Å². The molecule has 0 aromatic carbocycles. The fraction of sp³-hybridized carbons (Fsp3) is 0.500. The van der Waals surface area contributed by atoms with Gasteiger partial charge < -0.3 is 4.90 Å². The molecule has 0 saturated carbocycles. The van der Waals surface area contributed by atoms with Crippen LogP contribution < -0.4 is 0 Å². The largest absolute Gasteiger partial charge is 0.335 e. The Morgan fingerprint density at radius 3 is 3.17 bits per heavy atom. The van der Waals surface area contributed by atoms with Gasteiger partial charge in [0, 0.05) is 13.0 Å². The molecule has 2 aliphatic heterocycles. The van der Waals surface area contributed by atoms with Crippen LogP contribution in [0.15, 0.2) is 24.3 Å². The van der Waals surface area contributed by atoms with Crippen LogP contribution in [0.4, 0.5) is 0 Å². The third kappa shape index (κ3) is 1.29. The van der Waals surface area contributed by atoms with Crippen molar-refractivity contribution in [1.82, 2.24) is 4.90 Å². The topological polar surface area (TPSA) is 20.3 Å². The highest BCUT2D eigenvalue weighted by Gasteiger charge is 2.23. The summed E-state index contributed by atoms with van der Waals surface area (Å²) in [6.45, 7) is 0.893. The van der Waals surface area contributed by atoms with Gasteiger partial charge in [0.15, 0.2) is 0 Å². The number of nitrogens with zero attached hydrogens (tertiary/aromatic N) is 1.